The van der Waals surface area contributed by atoms with E-state index < -0.39 is 8.80 Å². The van der Waals surface area contributed by atoms with E-state index in [1.807, 2.05) is 0 Å². The highest BCUT2D eigenvalue weighted by molar-refractivity contribution is 6.60. The first-order valence-electron chi connectivity index (χ1n) is 5.64. The second kappa shape index (κ2) is 6.60. The Hall–Kier alpha value is 0.0569. The maximum atomic E-state index is 5.43. The molecule has 0 atom stereocenters. The molecule has 0 aliphatic carbocycles. The molecule has 0 radical (unpaired) electrons. The Morgan fingerprint density at radius 1 is 0.867 bits per heavy atom. The number of rotatable bonds is 5. The molecule has 1 fully saturated rings. The summed E-state index contributed by atoms with van der Waals surface area (Å²) >= 11 is 0. The van der Waals surface area contributed by atoms with Gasteiger partial charge in [0.15, 0.2) is 0 Å². The van der Waals surface area contributed by atoms with Crippen molar-refractivity contribution >= 4 is 8.80 Å². The lowest BCUT2D eigenvalue weighted by atomic mass is 10.2. The molecule has 0 saturated carbocycles. The summed E-state index contributed by atoms with van der Waals surface area (Å²) in [6, 6.07) is 0. The van der Waals surface area contributed by atoms with Crippen molar-refractivity contribution in [2.45, 2.75) is 25.7 Å². The minimum absolute atomic E-state index is 0.816. The van der Waals surface area contributed by atoms with E-state index in [2.05, 4.69) is 4.90 Å². The van der Waals surface area contributed by atoms with Gasteiger partial charge in [0.2, 0.25) is 0 Å². The van der Waals surface area contributed by atoms with Crippen LogP contribution in [0.2, 0.25) is 0 Å². The first-order valence-corrected chi connectivity index (χ1v) is 7.57. The van der Waals surface area contributed by atoms with Crippen molar-refractivity contribution in [3.8, 4) is 0 Å². The summed E-state index contributed by atoms with van der Waals surface area (Å²) in [6.07, 6.45) is 6.07. The zero-order chi connectivity index (χ0) is 11.1. The number of hydrogen-bond donors (Lipinski definition) is 0. The van der Waals surface area contributed by atoms with Crippen molar-refractivity contribution in [3.05, 3.63) is 0 Å². The molecule has 0 spiro atoms. The molecule has 0 unspecified atom stereocenters. The molecule has 0 aromatic heterocycles. The van der Waals surface area contributed by atoms with Crippen LogP contribution < -0.4 is 0 Å². The average molecular weight is 233 g/mol. The van der Waals surface area contributed by atoms with Gasteiger partial charge in [-0.15, -0.1) is 0 Å². The summed E-state index contributed by atoms with van der Waals surface area (Å²) in [5.41, 5.74) is 0. The van der Waals surface area contributed by atoms with Gasteiger partial charge in [0.1, 0.15) is 0 Å². The van der Waals surface area contributed by atoms with E-state index in [4.69, 9.17) is 13.3 Å². The van der Waals surface area contributed by atoms with Gasteiger partial charge in [0, 0.05) is 21.3 Å². The molecule has 5 heteroatoms. The van der Waals surface area contributed by atoms with Crippen LogP contribution in [0.1, 0.15) is 25.7 Å². The summed E-state index contributed by atoms with van der Waals surface area (Å²) in [4.78, 5) is 2.41. The van der Waals surface area contributed by atoms with Crippen molar-refractivity contribution in [1.82, 2.24) is 4.90 Å². The lowest BCUT2D eigenvalue weighted by molar-refractivity contribution is 0.103. The van der Waals surface area contributed by atoms with Gasteiger partial charge < -0.3 is 13.3 Å². The maximum absolute atomic E-state index is 5.43. The molecule has 1 rings (SSSR count). The van der Waals surface area contributed by atoms with E-state index in [-0.39, 0.29) is 0 Å². The van der Waals surface area contributed by atoms with E-state index in [0.717, 1.165) is 19.3 Å². The lowest BCUT2D eigenvalue weighted by Crippen LogP contribution is -2.53. The number of nitrogens with zero attached hydrogens (tertiary/aromatic N) is 1. The van der Waals surface area contributed by atoms with Gasteiger partial charge in [-0.3, -0.25) is 4.90 Å². The number of hydrogen-bond acceptors (Lipinski definition) is 4. The van der Waals surface area contributed by atoms with E-state index in [1.54, 1.807) is 21.3 Å². The monoisotopic (exact) mass is 233 g/mol. The summed E-state index contributed by atoms with van der Waals surface area (Å²) in [6.45, 7) is 2.29. The minimum atomic E-state index is -2.40. The molecular weight excluding hydrogens is 210 g/mol. The van der Waals surface area contributed by atoms with E-state index in [9.17, 15) is 0 Å². The molecule has 0 aromatic carbocycles. The van der Waals surface area contributed by atoms with Crippen LogP contribution in [0.4, 0.5) is 0 Å². The second-order valence-corrected chi connectivity index (χ2v) is 6.89. The van der Waals surface area contributed by atoms with Crippen LogP contribution in [0, 0.1) is 0 Å². The molecule has 1 aliphatic rings. The molecule has 0 amide bonds. The van der Waals surface area contributed by atoms with Crippen molar-refractivity contribution in [1.29, 1.82) is 0 Å². The standard InChI is InChI=1S/C10H23NO3Si/c1-12-15(13-2,14-3)10-11-8-6-4-5-7-9-11/h4-10H2,1-3H3. The van der Waals surface area contributed by atoms with Crippen LogP contribution >= 0.6 is 0 Å². The van der Waals surface area contributed by atoms with Gasteiger partial charge in [-0.1, -0.05) is 12.8 Å². The Kier molecular flexibility index (Phi) is 5.77. The molecule has 0 bridgehead atoms. The molecule has 1 heterocycles. The highest BCUT2D eigenvalue weighted by Crippen LogP contribution is 2.14. The minimum Gasteiger partial charge on any atom is -0.376 e. The van der Waals surface area contributed by atoms with E-state index in [1.165, 1.54) is 25.7 Å². The third-order valence-corrected chi connectivity index (χ3v) is 5.75. The van der Waals surface area contributed by atoms with Gasteiger partial charge >= 0.3 is 8.80 Å². The van der Waals surface area contributed by atoms with Crippen molar-refractivity contribution in [2.75, 3.05) is 40.6 Å². The van der Waals surface area contributed by atoms with Crippen LogP contribution in [-0.4, -0.2) is 54.3 Å². The Balaban J connectivity index is 2.48. The molecule has 4 nitrogen and oxygen atoms in total. The first-order chi connectivity index (χ1) is 7.26. The average Bonchev–Trinajstić information content (AvgIpc) is 2.54. The molecule has 15 heavy (non-hydrogen) atoms. The SMILES string of the molecule is CO[Si](CN1CCCCCC1)(OC)OC. The van der Waals surface area contributed by atoms with Crippen LogP contribution in [0.15, 0.2) is 0 Å². The van der Waals surface area contributed by atoms with Crippen molar-refractivity contribution in [3.63, 3.8) is 0 Å². The van der Waals surface area contributed by atoms with Gasteiger partial charge in [-0.05, 0) is 25.9 Å². The smallest absolute Gasteiger partial charge is 0.376 e. The summed E-state index contributed by atoms with van der Waals surface area (Å²) < 4.78 is 16.3. The molecular formula is C10H23NO3Si. The third kappa shape index (κ3) is 3.84. The maximum Gasteiger partial charge on any atom is 0.514 e. The molecule has 90 valence electrons. The summed E-state index contributed by atoms with van der Waals surface area (Å²) in [5.74, 6) is 0. The number of likely N-dealkylation sites (tertiary alicyclic amines) is 1. The fourth-order valence-corrected chi connectivity index (χ4v) is 3.76. The van der Waals surface area contributed by atoms with Gasteiger partial charge in [-0.2, -0.15) is 0 Å². The predicted octanol–water partition coefficient (Wildman–Crippen LogP) is 1.28. The van der Waals surface area contributed by atoms with Gasteiger partial charge in [0.05, 0.1) is 6.17 Å². The van der Waals surface area contributed by atoms with Crippen LogP contribution in [0.3, 0.4) is 0 Å². The molecule has 1 saturated heterocycles. The first kappa shape index (κ1) is 13.1. The fourth-order valence-electron chi connectivity index (χ4n) is 2.01. The highest BCUT2D eigenvalue weighted by Gasteiger charge is 2.39. The van der Waals surface area contributed by atoms with E-state index in [0.29, 0.717) is 0 Å². The predicted molar refractivity (Wildman–Crippen MR) is 61.7 cm³/mol. The normalized spacial score (nSPS) is 20.2. The van der Waals surface area contributed by atoms with Crippen LogP contribution in [0.5, 0.6) is 0 Å². The lowest BCUT2D eigenvalue weighted by Gasteiger charge is -2.30. The summed E-state index contributed by atoms with van der Waals surface area (Å²) in [7, 11) is 2.63. The third-order valence-electron chi connectivity index (χ3n) is 3.05. The van der Waals surface area contributed by atoms with Crippen molar-refractivity contribution in [2.24, 2.45) is 0 Å². The summed E-state index contributed by atoms with van der Waals surface area (Å²) in [5, 5.41) is 0. The Morgan fingerprint density at radius 2 is 1.33 bits per heavy atom. The van der Waals surface area contributed by atoms with Crippen LogP contribution in [-0.2, 0) is 13.3 Å². The fraction of sp³-hybridized carbons (Fsp3) is 1.00. The highest BCUT2D eigenvalue weighted by atomic mass is 28.4. The second-order valence-electron chi connectivity index (χ2n) is 3.99. The zero-order valence-corrected chi connectivity index (χ0v) is 11.1. The topological polar surface area (TPSA) is 30.9 Å². The Morgan fingerprint density at radius 3 is 1.73 bits per heavy atom. The largest absolute Gasteiger partial charge is 0.514 e. The Bertz CT molecular complexity index is 160. The quantitative estimate of drug-likeness (QED) is 0.669. The van der Waals surface area contributed by atoms with E-state index >= 15 is 0 Å². The molecule has 0 N–H and O–H groups in total. The Labute approximate surface area is 93.9 Å². The molecule has 1 aliphatic heterocycles. The zero-order valence-electron chi connectivity index (χ0n) is 10.1. The van der Waals surface area contributed by atoms with Crippen molar-refractivity contribution < 1.29 is 13.3 Å². The molecule has 0 aromatic rings. The van der Waals surface area contributed by atoms with Gasteiger partial charge in [-0.25, -0.2) is 0 Å². The van der Waals surface area contributed by atoms with Crippen LogP contribution in [0.25, 0.3) is 0 Å². The van der Waals surface area contributed by atoms with Gasteiger partial charge in [0.25, 0.3) is 0 Å².